The molecule has 0 aliphatic carbocycles. The van der Waals surface area contributed by atoms with Crippen molar-refractivity contribution in [1.82, 2.24) is 9.97 Å². The number of nitrogens with one attached hydrogen (secondary N) is 2. The van der Waals surface area contributed by atoms with Crippen LogP contribution in [0.1, 0.15) is 10.4 Å². The summed E-state index contributed by atoms with van der Waals surface area (Å²) in [7, 11) is 0. The van der Waals surface area contributed by atoms with Gasteiger partial charge < -0.3 is 20.2 Å². The molecule has 0 aliphatic rings. The van der Waals surface area contributed by atoms with E-state index in [4.69, 9.17) is 16.7 Å². The molecule has 0 spiro atoms. The molecule has 6 nitrogen and oxygen atoms in total. The van der Waals surface area contributed by atoms with Crippen LogP contribution in [0.5, 0.6) is 5.75 Å². The molecule has 3 aromatic rings. The van der Waals surface area contributed by atoms with E-state index in [-0.39, 0.29) is 16.3 Å². The van der Waals surface area contributed by atoms with Gasteiger partial charge in [0, 0.05) is 0 Å². The van der Waals surface area contributed by atoms with Gasteiger partial charge in [-0.25, -0.2) is 9.59 Å². The van der Waals surface area contributed by atoms with Crippen LogP contribution in [-0.2, 0) is 0 Å². The smallest absolute Gasteiger partial charge is 0.339 e. The highest BCUT2D eigenvalue weighted by molar-refractivity contribution is 6.33. The first-order valence-corrected chi connectivity index (χ1v) is 6.32. The minimum absolute atomic E-state index is 0.0486. The van der Waals surface area contributed by atoms with Gasteiger partial charge in [-0.15, -0.1) is 0 Å². The second-order valence-corrected chi connectivity index (χ2v) is 4.91. The lowest BCUT2D eigenvalue weighted by Gasteiger charge is -2.07. The predicted octanol–water partition coefficient (Wildman–Crippen LogP) is 2.58. The summed E-state index contributed by atoms with van der Waals surface area (Å²) in [6.45, 7) is 0. The summed E-state index contributed by atoms with van der Waals surface area (Å²) in [5.41, 5.74) is 1.84. The first-order chi connectivity index (χ1) is 9.95. The molecule has 0 fully saturated rings. The number of aromatic carboxylic acids is 1. The third-order valence-electron chi connectivity index (χ3n) is 3.14. The number of phenols is 1. The quantitative estimate of drug-likeness (QED) is 0.583. The molecule has 0 radical (unpaired) electrons. The monoisotopic (exact) mass is 304 g/mol. The van der Waals surface area contributed by atoms with Crippen LogP contribution in [-0.4, -0.2) is 26.2 Å². The Labute approximate surface area is 122 Å². The third-order valence-corrected chi connectivity index (χ3v) is 3.43. The highest BCUT2D eigenvalue weighted by Gasteiger charge is 2.15. The van der Waals surface area contributed by atoms with Gasteiger partial charge in [-0.1, -0.05) is 17.7 Å². The highest BCUT2D eigenvalue weighted by atomic mass is 35.5. The van der Waals surface area contributed by atoms with E-state index in [1.54, 1.807) is 18.2 Å². The fourth-order valence-electron chi connectivity index (χ4n) is 2.14. The van der Waals surface area contributed by atoms with Crippen molar-refractivity contribution in [3.05, 3.63) is 51.4 Å². The van der Waals surface area contributed by atoms with Crippen molar-refractivity contribution in [2.75, 3.05) is 0 Å². The topological polar surface area (TPSA) is 106 Å². The number of H-pyrrole nitrogens is 2. The van der Waals surface area contributed by atoms with Crippen LogP contribution in [0.15, 0.2) is 35.1 Å². The Morgan fingerprint density at radius 3 is 2.48 bits per heavy atom. The van der Waals surface area contributed by atoms with Gasteiger partial charge in [0.25, 0.3) is 0 Å². The molecule has 4 N–H and O–H groups in total. The van der Waals surface area contributed by atoms with Gasteiger partial charge in [-0.2, -0.15) is 0 Å². The van der Waals surface area contributed by atoms with Crippen molar-refractivity contribution < 1.29 is 15.0 Å². The lowest BCUT2D eigenvalue weighted by molar-refractivity contribution is 0.0694. The summed E-state index contributed by atoms with van der Waals surface area (Å²) in [5.74, 6) is -1.74. The number of hydrogen-bond donors (Lipinski definition) is 4. The van der Waals surface area contributed by atoms with Crippen LogP contribution >= 0.6 is 11.6 Å². The van der Waals surface area contributed by atoms with Gasteiger partial charge in [-0.05, 0) is 35.4 Å². The van der Waals surface area contributed by atoms with Gasteiger partial charge in [0.1, 0.15) is 11.3 Å². The lowest BCUT2D eigenvalue weighted by Crippen LogP contribution is -1.99. The zero-order chi connectivity index (χ0) is 15.1. The number of rotatable bonds is 2. The maximum absolute atomic E-state index is 11.2. The number of halogens is 1. The number of fused-ring (bicyclic) bond motifs is 1. The molecule has 0 saturated carbocycles. The molecule has 0 bridgehead atoms. The number of benzene rings is 2. The second kappa shape index (κ2) is 4.68. The summed E-state index contributed by atoms with van der Waals surface area (Å²) in [6, 6.07) is 7.91. The molecule has 106 valence electrons. The summed E-state index contributed by atoms with van der Waals surface area (Å²) >= 11 is 5.86. The van der Waals surface area contributed by atoms with Crippen LogP contribution < -0.4 is 5.69 Å². The minimum Gasteiger partial charge on any atom is -0.505 e. The molecule has 7 heteroatoms. The average Bonchev–Trinajstić information content (AvgIpc) is 2.80. The van der Waals surface area contributed by atoms with Crippen LogP contribution in [0, 0.1) is 0 Å². The van der Waals surface area contributed by atoms with E-state index in [1.807, 2.05) is 0 Å². The van der Waals surface area contributed by atoms with Gasteiger partial charge >= 0.3 is 11.7 Å². The van der Waals surface area contributed by atoms with Crippen LogP contribution in [0.25, 0.3) is 22.2 Å². The third kappa shape index (κ3) is 2.25. The zero-order valence-corrected chi connectivity index (χ0v) is 11.2. The van der Waals surface area contributed by atoms with Crippen molar-refractivity contribution in [2.45, 2.75) is 0 Å². The number of carboxylic acid groups (broad SMARTS) is 1. The molecule has 21 heavy (non-hydrogen) atoms. The number of aromatic nitrogens is 2. The maximum atomic E-state index is 11.2. The lowest BCUT2D eigenvalue weighted by atomic mass is 10.0. The van der Waals surface area contributed by atoms with E-state index < -0.39 is 11.7 Å². The molecular formula is C14H9ClN2O4. The van der Waals surface area contributed by atoms with Crippen LogP contribution in [0.4, 0.5) is 0 Å². The fraction of sp³-hybridized carbons (Fsp3) is 0. The molecule has 1 aromatic heterocycles. The number of carbonyl (C=O) groups is 1. The predicted molar refractivity (Wildman–Crippen MR) is 78.0 cm³/mol. The van der Waals surface area contributed by atoms with Crippen LogP contribution in [0.3, 0.4) is 0 Å². The average molecular weight is 305 g/mol. The van der Waals surface area contributed by atoms with Crippen molar-refractivity contribution in [2.24, 2.45) is 0 Å². The molecule has 0 aliphatic heterocycles. The first kappa shape index (κ1) is 13.3. The Balaban J connectivity index is 2.22. The molecule has 3 rings (SSSR count). The fourth-order valence-corrected chi connectivity index (χ4v) is 2.36. The zero-order valence-electron chi connectivity index (χ0n) is 10.5. The van der Waals surface area contributed by atoms with Gasteiger partial charge in [0.2, 0.25) is 0 Å². The standard InChI is InChI=1S/C14H9ClN2O4/c15-9-4-7(3-8(12(9)18)13(19)20)6-1-2-10-11(5-6)17-14(21)16-10/h1-5,18H,(H,19,20)(H2,16,17,21). The minimum atomic E-state index is -1.27. The van der Waals surface area contributed by atoms with Crippen molar-refractivity contribution in [1.29, 1.82) is 0 Å². The second-order valence-electron chi connectivity index (χ2n) is 4.50. The van der Waals surface area contributed by atoms with Crippen molar-refractivity contribution in [3.63, 3.8) is 0 Å². The van der Waals surface area contributed by atoms with Crippen molar-refractivity contribution in [3.8, 4) is 16.9 Å². The van der Waals surface area contributed by atoms with Crippen molar-refractivity contribution >= 4 is 28.6 Å². The van der Waals surface area contributed by atoms with E-state index in [0.717, 1.165) is 0 Å². The number of aromatic amines is 2. The number of imidazole rings is 1. The van der Waals surface area contributed by atoms with E-state index in [9.17, 15) is 14.7 Å². The van der Waals surface area contributed by atoms with E-state index >= 15 is 0 Å². The summed E-state index contributed by atoms with van der Waals surface area (Å²) in [5, 5.41) is 18.7. The molecule has 0 unspecified atom stereocenters. The number of hydrogen-bond acceptors (Lipinski definition) is 3. The highest BCUT2D eigenvalue weighted by Crippen LogP contribution is 2.34. The van der Waals surface area contributed by atoms with Gasteiger partial charge in [-0.3, -0.25) is 0 Å². The van der Waals surface area contributed by atoms with Gasteiger partial charge in [0.15, 0.2) is 0 Å². The summed E-state index contributed by atoms with van der Waals surface area (Å²) in [4.78, 5) is 27.6. The van der Waals surface area contributed by atoms with E-state index in [0.29, 0.717) is 22.2 Å². The maximum Gasteiger partial charge on any atom is 0.339 e. The van der Waals surface area contributed by atoms with Gasteiger partial charge in [0.05, 0.1) is 16.1 Å². The van der Waals surface area contributed by atoms with E-state index in [2.05, 4.69) is 9.97 Å². The normalized spacial score (nSPS) is 10.9. The molecular weight excluding hydrogens is 296 g/mol. The molecule has 1 heterocycles. The Morgan fingerprint density at radius 1 is 1.05 bits per heavy atom. The van der Waals surface area contributed by atoms with E-state index in [1.165, 1.54) is 12.1 Å². The summed E-state index contributed by atoms with van der Waals surface area (Å²) in [6.07, 6.45) is 0. The largest absolute Gasteiger partial charge is 0.505 e. The molecule has 0 atom stereocenters. The number of aromatic hydroxyl groups is 1. The Hall–Kier alpha value is -2.73. The molecule has 2 aromatic carbocycles. The molecule has 0 saturated heterocycles. The van der Waals surface area contributed by atoms with Crippen LogP contribution in [0.2, 0.25) is 5.02 Å². The Morgan fingerprint density at radius 2 is 1.76 bits per heavy atom. The number of carboxylic acids is 1. The Bertz CT molecular complexity index is 926. The first-order valence-electron chi connectivity index (χ1n) is 5.94. The summed E-state index contributed by atoms with van der Waals surface area (Å²) < 4.78 is 0. The molecule has 0 amide bonds. The Kier molecular flexibility index (Phi) is 2.95. The SMILES string of the molecule is O=C(O)c1cc(-c2ccc3[nH]c(=O)[nH]c3c2)cc(Cl)c1O.